The number of hydrogen-bond acceptors (Lipinski definition) is 4. The van der Waals surface area contributed by atoms with E-state index in [0.29, 0.717) is 25.2 Å². The van der Waals surface area contributed by atoms with Crippen LogP contribution >= 0.6 is 0 Å². The van der Waals surface area contributed by atoms with E-state index in [4.69, 9.17) is 5.11 Å². The highest BCUT2D eigenvalue weighted by Crippen LogP contribution is 2.34. The molecule has 2 aliphatic heterocycles. The van der Waals surface area contributed by atoms with Crippen LogP contribution in [0.4, 0.5) is 14.5 Å². The van der Waals surface area contributed by atoms with E-state index in [0.717, 1.165) is 0 Å². The third-order valence-corrected chi connectivity index (χ3v) is 4.77. The van der Waals surface area contributed by atoms with E-state index in [1.807, 2.05) is 0 Å². The average molecular weight is 352 g/mol. The third kappa shape index (κ3) is 3.62. The van der Waals surface area contributed by atoms with Crippen LogP contribution in [0.15, 0.2) is 12.1 Å². The molecule has 2 atom stereocenters. The minimum absolute atomic E-state index is 0.0236. The van der Waals surface area contributed by atoms with Crippen LogP contribution in [0.1, 0.15) is 37.2 Å². The van der Waals surface area contributed by atoms with Gasteiger partial charge >= 0.3 is 5.97 Å². The van der Waals surface area contributed by atoms with Gasteiger partial charge in [-0.15, -0.1) is 0 Å². The Bertz CT molecular complexity index is 714. The molecule has 0 aromatic heterocycles. The number of anilines is 1. The lowest BCUT2D eigenvalue weighted by Gasteiger charge is -2.24. The summed E-state index contributed by atoms with van der Waals surface area (Å²) in [6.45, 7) is 0.942. The van der Waals surface area contributed by atoms with E-state index >= 15 is 0 Å². The molecule has 0 radical (unpaired) electrons. The van der Waals surface area contributed by atoms with Gasteiger partial charge in [-0.25, -0.2) is 8.78 Å². The van der Waals surface area contributed by atoms with Crippen molar-refractivity contribution >= 4 is 23.5 Å². The lowest BCUT2D eigenvalue weighted by Crippen LogP contribution is -2.40. The Morgan fingerprint density at radius 1 is 1.24 bits per heavy atom. The predicted octanol–water partition coefficient (Wildman–Crippen LogP) is 1.79. The van der Waals surface area contributed by atoms with Crippen molar-refractivity contribution in [2.24, 2.45) is 5.92 Å². The predicted molar refractivity (Wildman–Crippen MR) is 84.1 cm³/mol. The number of nitrogens with one attached hydrogen (secondary N) is 1. The average Bonchev–Trinajstić information content (AvgIpc) is 2.96. The van der Waals surface area contributed by atoms with Crippen LogP contribution in [0.3, 0.4) is 0 Å². The number of carbonyl (C=O) groups is 3. The highest BCUT2D eigenvalue weighted by atomic mass is 19.1. The Balaban J connectivity index is 1.80. The zero-order valence-electron chi connectivity index (χ0n) is 13.4. The molecular weight excluding hydrogens is 334 g/mol. The molecule has 2 fully saturated rings. The van der Waals surface area contributed by atoms with Crippen LogP contribution in [-0.2, 0) is 14.4 Å². The minimum Gasteiger partial charge on any atom is -0.481 e. The first kappa shape index (κ1) is 17.3. The van der Waals surface area contributed by atoms with E-state index in [9.17, 15) is 23.2 Å². The molecule has 1 aromatic carbocycles. The van der Waals surface area contributed by atoms with E-state index < -0.39 is 35.3 Å². The van der Waals surface area contributed by atoms with Crippen LogP contribution in [-0.4, -0.2) is 36.0 Å². The third-order valence-electron chi connectivity index (χ3n) is 4.77. The smallest absolute Gasteiger partial charge is 0.303 e. The van der Waals surface area contributed by atoms with Crippen LogP contribution in [0.5, 0.6) is 0 Å². The van der Waals surface area contributed by atoms with Gasteiger partial charge in [0.15, 0.2) is 0 Å². The zero-order valence-corrected chi connectivity index (χ0v) is 13.4. The summed E-state index contributed by atoms with van der Waals surface area (Å²) in [4.78, 5) is 35.6. The van der Waals surface area contributed by atoms with Crippen LogP contribution in [0, 0.1) is 17.6 Å². The highest BCUT2D eigenvalue weighted by molar-refractivity contribution is 6.01. The largest absolute Gasteiger partial charge is 0.481 e. The number of halogens is 2. The molecule has 0 bridgehead atoms. The second-order valence-corrected chi connectivity index (χ2v) is 6.53. The maximum absolute atomic E-state index is 14.5. The monoisotopic (exact) mass is 352 g/mol. The summed E-state index contributed by atoms with van der Waals surface area (Å²) >= 11 is 0. The van der Waals surface area contributed by atoms with Gasteiger partial charge in [-0.1, -0.05) is 0 Å². The number of benzene rings is 1. The number of aliphatic carboxylic acids is 1. The molecule has 2 saturated heterocycles. The number of piperidine rings is 1. The molecule has 2 heterocycles. The second kappa shape index (κ2) is 6.78. The van der Waals surface area contributed by atoms with Crippen molar-refractivity contribution in [3.63, 3.8) is 0 Å². The standard InChI is InChI=1S/C17H18F2N2O4/c18-12-6-10(21-4-3-9(8-21)5-15(23)24)7-13(19)16(12)11-1-2-14(22)20-17(11)25/h6-7,9,11H,1-5,8H2,(H,23,24)(H,20,22,25)/t9-,11+/m0/s1. The Kier molecular flexibility index (Phi) is 4.69. The molecule has 2 aliphatic rings. The van der Waals surface area contributed by atoms with Crippen molar-refractivity contribution in [1.82, 2.24) is 5.32 Å². The number of imide groups is 1. The Morgan fingerprint density at radius 3 is 2.52 bits per heavy atom. The van der Waals surface area contributed by atoms with Gasteiger partial charge in [0.05, 0.1) is 5.92 Å². The molecule has 0 saturated carbocycles. The summed E-state index contributed by atoms with van der Waals surface area (Å²) in [5, 5.41) is 10.9. The summed E-state index contributed by atoms with van der Waals surface area (Å²) in [5.41, 5.74) is 0.00830. The number of carboxylic acid groups (broad SMARTS) is 1. The molecule has 25 heavy (non-hydrogen) atoms. The van der Waals surface area contributed by atoms with Gasteiger partial charge in [-0.05, 0) is 30.9 Å². The fraction of sp³-hybridized carbons (Fsp3) is 0.471. The maximum Gasteiger partial charge on any atom is 0.303 e. The molecule has 0 aliphatic carbocycles. The fourth-order valence-corrected chi connectivity index (χ4v) is 3.54. The van der Waals surface area contributed by atoms with Crippen LogP contribution < -0.4 is 10.2 Å². The Labute approximate surface area is 142 Å². The summed E-state index contributed by atoms with van der Waals surface area (Å²) in [6, 6.07) is 2.34. The van der Waals surface area contributed by atoms with Gasteiger partial charge in [-0.2, -0.15) is 0 Å². The minimum atomic E-state index is -1.02. The van der Waals surface area contributed by atoms with E-state index in [2.05, 4.69) is 5.32 Å². The van der Waals surface area contributed by atoms with Gasteiger partial charge in [0, 0.05) is 37.2 Å². The Hall–Kier alpha value is -2.51. The molecule has 3 rings (SSSR count). The van der Waals surface area contributed by atoms with Crippen LogP contribution in [0.2, 0.25) is 0 Å². The molecule has 6 nitrogen and oxygen atoms in total. The van der Waals surface area contributed by atoms with E-state index in [1.165, 1.54) is 12.1 Å². The molecule has 2 amide bonds. The van der Waals surface area contributed by atoms with Gasteiger partial charge < -0.3 is 10.0 Å². The molecule has 0 spiro atoms. The first-order chi connectivity index (χ1) is 11.8. The van der Waals surface area contributed by atoms with Crippen molar-refractivity contribution < 1.29 is 28.3 Å². The van der Waals surface area contributed by atoms with Crippen molar-refractivity contribution in [3.8, 4) is 0 Å². The molecule has 2 N–H and O–H groups in total. The summed E-state index contributed by atoms with van der Waals surface area (Å²) in [5.74, 6) is -4.76. The normalized spacial score (nSPS) is 23.7. The van der Waals surface area contributed by atoms with E-state index in [1.54, 1.807) is 4.90 Å². The Morgan fingerprint density at radius 2 is 1.92 bits per heavy atom. The van der Waals surface area contributed by atoms with Gasteiger partial charge in [0.2, 0.25) is 11.8 Å². The summed E-state index contributed by atoms with van der Waals surface area (Å²) < 4.78 is 29.0. The first-order valence-electron chi connectivity index (χ1n) is 8.14. The topological polar surface area (TPSA) is 86.7 Å². The number of amides is 2. The molecule has 0 unspecified atom stereocenters. The van der Waals surface area contributed by atoms with E-state index in [-0.39, 0.29) is 30.7 Å². The van der Waals surface area contributed by atoms with Crippen molar-refractivity contribution in [2.75, 3.05) is 18.0 Å². The molecule has 8 heteroatoms. The number of carboxylic acids is 1. The number of rotatable bonds is 4. The number of hydrogen-bond donors (Lipinski definition) is 2. The molecule has 134 valence electrons. The summed E-state index contributed by atoms with van der Waals surface area (Å²) in [6.07, 6.45) is 0.780. The van der Waals surface area contributed by atoms with Crippen molar-refractivity contribution in [3.05, 3.63) is 29.3 Å². The van der Waals surface area contributed by atoms with Gasteiger partial charge in [-0.3, -0.25) is 19.7 Å². The lowest BCUT2D eigenvalue weighted by molar-refractivity contribution is -0.138. The quantitative estimate of drug-likeness (QED) is 0.807. The van der Waals surface area contributed by atoms with Gasteiger partial charge in [0.25, 0.3) is 0 Å². The maximum atomic E-state index is 14.5. The lowest BCUT2D eigenvalue weighted by atomic mass is 9.89. The first-order valence-corrected chi connectivity index (χ1v) is 8.14. The van der Waals surface area contributed by atoms with Crippen molar-refractivity contribution in [2.45, 2.75) is 31.6 Å². The second-order valence-electron chi connectivity index (χ2n) is 6.53. The number of nitrogens with zero attached hydrogens (tertiary/aromatic N) is 1. The summed E-state index contributed by atoms with van der Waals surface area (Å²) in [7, 11) is 0. The van der Waals surface area contributed by atoms with Crippen molar-refractivity contribution in [1.29, 1.82) is 0 Å². The fourth-order valence-electron chi connectivity index (χ4n) is 3.54. The van der Waals surface area contributed by atoms with Crippen LogP contribution in [0.25, 0.3) is 0 Å². The van der Waals surface area contributed by atoms with Gasteiger partial charge in [0.1, 0.15) is 11.6 Å². The molecule has 1 aromatic rings. The zero-order chi connectivity index (χ0) is 18.1. The highest BCUT2D eigenvalue weighted by Gasteiger charge is 2.33. The SMILES string of the molecule is O=C(O)C[C@@H]1CCN(c2cc(F)c([C@H]3CCC(=O)NC3=O)c(F)c2)C1. The molecular formula is C17H18F2N2O4. The number of carbonyl (C=O) groups excluding carboxylic acids is 2.